The van der Waals surface area contributed by atoms with Crippen LogP contribution in [0.1, 0.15) is 30.9 Å². The minimum atomic E-state index is -0.388. The SMILES string of the molecule is COc1ccc(NC(=O)CC(N)c2ccccc2)cc1OCC(=O)NC1CC1.Cl. The van der Waals surface area contributed by atoms with Gasteiger partial charge in [-0.05, 0) is 30.5 Å². The van der Waals surface area contributed by atoms with E-state index in [1.54, 1.807) is 18.2 Å². The second-order valence-electron chi connectivity index (χ2n) is 6.77. The van der Waals surface area contributed by atoms with E-state index < -0.39 is 0 Å². The maximum atomic E-state index is 12.3. The van der Waals surface area contributed by atoms with Gasteiger partial charge in [0.2, 0.25) is 5.91 Å². The van der Waals surface area contributed by atoms with Gasteiger partial charge < -0.3 is 25.8 Å². The first kappa shape index (κ1) is 22.5. The molecule has 2 aromatic rings. The molecule has 0 spiro atoms. The van der Waals surface area contributed by atoms with Crippen LogP contribution in [0.25, 0.3) is 0 Å². The maximum Gasteiger partial charge on any atom is 0.258 e. The second-order valence-corrected chi connectivity index (χ2v) is 6.77. The summed E-state index contributed by atoms with van der Waals surface area (Å²) in [6.07, 6.45) is 2.18. The highest BCUT2D eigenvalue weighted by Gasteiger charge is 2.23. The third kappa shape index (κ3) is 6.96. The van der Waals surface area contributed by atoms with Crippen LogP contribution in [0.2, 0.25) is 0 Å². The van der Waals surface area contributed by atoms with Crippen molar-refractivity contribution < 1.29 is 19.1 Å². The van der Waals surface area contributed by atoms with Crippen molar-refractivity contribution in [2.24, 2.45) is 5.73 Å². The molecule has 29 heavy (non-hydrogen) atoms. The number of carbonyl (C=O) groups excluding carboxylic acids is 2. The van der Waals surface area contributed by atoms with E-state index in [0.29, 0.717) is 17.2 Å². The van der Waals surface area contributed by atoms with Crippen LogP contribution in [0.15, 0.2) is 48.5 Å². The molecule has 3 rings (SSSR count). The summed E-state index contributed by atoms with van der Waals surface area (Å²) >= 11 is 0. The van der Waals surface area contributed by atoms with Gasteiger partial charge in [0.05, 0.1) is 7.11 Å². The number of nitrogens with one attached hydrogen (secondary N) is 2. The predicted octanol–water partition coefficient (Wildman–Crippen LogP) is 2.80. The molecule has 1 fully saturated rings. The van der Waals surface area contributed by atoms with Crippen molar-refractivity contribution in [3.8, 4) is 11.5 Å². The highest BCUT2D eigenvalue weighted by Crippen LogP contribution is 2.30. The summed E-state index contributed by atoms with van der Waals surface area (Å²) in [5.74, 6) is 0.489. The van der Waals surface area contributed by atoms with Crippen LogP contribution in [0.5, 0.6) is 11.5 Å². The molecule has 0 radical (unpaired) electrons. The van der Waals surface area contributed by atoms with Crippen LogP contribution in [0.4, 0.5) is 5.69 Å². The van der Waals surface area contributed by atoms with Crippen LogP contribution >= 0.6 is 12.4 Å². The van der Waals surface area contributed by atoms with Crippen LogP contribution in [0.3, 0.4) is 0 Å². The number of hydrogen-bond acceptors (Lipinski definition) is 5. The van der Waals surface area contributed by atoms with Gasteiger partial charge in [-0.25, -0.2) is 0 Å². The third-order valence-corrected chi connectivity index (χ3v) is 4.38. The summed E-state index contributed by atoms with van der Waals surface area (Å²) in [6.45, 7) is -0.108. The molecule has 1 aliphatic carbocycles. The lowest BCUT2D eigenvalue weighted by Gasteiger charge is -2.14. The zero-order chi connectivity index (χ0) is 19.9. The molecule has 1 saturated carbocycles. The summed E-state index contributed by atoms with van der Waals surface area (Å²) in [5.41, 5.74) is 7.55. The lowest BCUT2D eigenvalue weighted by atomic mass is 10.0. The Labute approximate surface area is 176 Å². The Hall–Kier alpha value is -2.77. The van der Waals surface area contributed by atoms with E-state index in [0.717, 1.165) is 18.4 Å². The van der Waals surface area contributed by atoms with Crippen molar-refractivity contribution in [2.75, 3.05) is 19.0 Å². The number of ether oxygens (including phenoxy) is 2. The maximum absolute atomic E-state index is 12.3. The topological polar surface area (TPSA) is 103 Å². The van der Waals surface area contributed by atoms with E-state index in [9.17, 15) is 9.59 Å². The van der Waals surface area contributed by atoms with Crippen molar-refractivity contribution in [1.82, 2.24) is 5.32 Å². The van der Waals surface area contributed by atoms with Gasteiger partial charge in [0.15, 0.2) is 18.1 Å². The Kier molecular flexibility index (Phi) is 8.30. The van der Waals surface area contributed by atoms with Crippen LogP contribution in [0, 0.1) is 0 Å². The molecule has 0 bridgehead atoms. The summed E-state index contributed by atoms with van der Waals surface area (Å²) in [5, 5.41) is 5.67. The van der Waals surface area contributed by atoms with Crippen molar-refractivity contribution in [2.45, 2.75) is 31.3 Å². The zero-order valence-corrected chi connectivity index (χ0v) is 17.0. The number of amides is 2. The smallest absolute Gasteiger partial charge is 0.258 e. The number of carbonyl (C=O) groups is 2. The average molecular weight is 420 g/mol. The number of halogens is 1. The van der Waals surface area contributed by atoms with Crippen molar-refractivity contribution in [3.63, 3.8) is 0 Å². The van der Waals surface area contributed by atoms with Crippen molar-refractivity contribution in [3.05, 3.63) is 54.1 Å². The molecule has 2 aromatic carbocycles. The lowest BCUT2D eigenvalue weighted by molar-refractivity contribution is -0.123. The first-order valence-electron chi connectivity index (χ1n) is 9.25. The Morgan fingerprint density at radius 3 is 2.48 bits per heavy atom. The number of anilines is 1. The van der Waals surface area contributed by atoms with Gasteiger partial charge >= 0.3 is 0 Å². The van der Waals surface area contributed by atoms with Gasteiger partial charge in [0.1, 0.15) is 0 Å². The second kappa shape index (κ2) is 10.7. The number of methoxy groups -OCH3 is 1. The molecule has 0 aliphatic heterocycles. The Morgan fingerprint density at radius 1 is 1.10 bits per heavy atom. The minimum Gasteiger partial charge on any atom is -0.493 e. The molecule has 1 unspecified atom stereocenters. The van der Waals surface area contributed by atoms with E-state index in [2.05, 4.69) is 10.6 Å². The monoisotopic (exact) mass is 419 g/mol. The van der Waals surface area contributed by atoms with Crippen LogP contribution in [-0.2, 0) is 9.59 Å². The molecule has 4 N–H and O–H groups in total. The molecule has 2 amide bonds. The van der Waals surface area contributed by atoms with Gasteiger partial charge in [-0.15, -0.1) is 12.4 Å². The first-order chi connectivity index (χ1) is 13.5. The Morgan fingerprint density at radius 2 is 1.83 bits per heavy atom. The van der Waals surface area contributed by atoms with Gasteiger partial charge in [-0.1, -0.05) is 30.3 Å². The van der Waals surface area contributed by atoms with Crippen LogP contribution in [-0.4, -0.2) is 31.6 Å². The molecular weight excluding hydrogens is 394 g/mol. The fraction of sp³-hybridized carbons (Fsp3) is 0.333. The van der Waals surface area contributed by atoms with E-state index in [4.69, 9.17) is 15.2 Å². The van der Waals surface area contributed by atoms with Gasteiger partial charge in [0, 0.05) is 30.3 Å². The molecule has 8 heteroatoms. The number of rotatable bonds is 9. The van der Waals surface area contributed by atoms with Gasteiger partial charge in [-0.3, -0.25) is 9.59 Å². The quantitative estimate of drug-likeness (QED) is 0.580. The van der Waals surface area contributed by atoms with Crippen LogP contribution < -0.4 is 25.8 Å². The first-order valence-corrected chi connectivity index (χ1v) is 9.25. The molecular formula is C21H26ClN3O4. The standard InChI is InChI=1S/C21H25N3O4.ClH/c1-27-18-10-9-16(11-19(18)28-13-21(26)23-15-7-8-15)24-20(25)12-17(22)14-5-3-2-4-6-14;/h2-6,9-11,15,17H,7-8,12-13,22H2,1H3,(H,23,26)(H,24,25);1H. The average Bonchev–Trinajstić information content (AvgIpc) is 3.51. The third-order valence-electron chi connectivity index (χ3n) is 4.38. The molecule has 0 heterocycles. The molecule has 1 aliphatic rings. The summed E-state index contributed by atoms with van der Waals surface area (Å²) in [6, 6.07) is 14.4. The fourth-order valence-corrected chi connectivity index (χ4v) is 2.74. The highest BCUT2D eigenvalue weighted by molar-refractivity contribution is 5.91. The summed E-state index contributed by atoms with van der Waals surface area (Å²) in [4.78, 5) is 24.2. The van der Waals surface area contributed by atoms with Crippen molar-refractivity contribution >= 4 is 29.9 Å². The van der Waals surface area contributed by atoms with Gasteiger partial charge in [-0.2, -0.15) is 0 Å². The largest absolute Gasteiger partial charge is 0.493 e. The molecule has 7 nitrogen and oxygen atoms in total. The van der Waals surface area contributed by atoms with E-state index in [-0.39, 0.29) is 49.3 Å². The molecule has 0 saturated heterocycles. The van der Waals surface area contributed by atoms with E-state index >= 15 is 0 Å². The summed E-state index contributed by atoms with van der Waals surface area (Å²) in [7, 11) is 1.52. The number of hydrogen-bond donors (Lipinski definition) is 3. The molecule has 0 aromatic heterocycles. The minimum absolute atomic E-state index is 0. The summed E-state index contributed by atoms with van der Waals surface area (Å²) < 4.78 is 10.8. The highest BCUT2D eigenvalue weighted by atomic mass is 35.5. The Balaban J connectivity index is 0.00000300. The number of benzene rings is 2. The number of nitrogens with two attached hydrogens (primary N) is 1. The lowest BCUT2D eigenvalue weighted by Crippen LogP contribution is -2.30. The fourth-order valence-electron chi connectivity index (χ4n) is 2.74. The molecule has 156 valence electrons. The van der Waals surface area contributed by atoms with Gasteiger partial charge in [0.25, 0.3) is 5.91 Å². The van der Waals surface area contributed by atoms with Crippen molar-refractivity contribution in [1.29, 1.82) is 0 Å². The predicted molar refractivity (Wildman–Crippen MR) is 114 cm³/mol. The Bertz CT molecular complexity index is 828. The van der Waals surface area contributed by atoms with E-state index in [1.807, 2.05) is 30.3 Å². The van der Waals surface area contributed by atoms with E-state index in [1.165, 1.54) is 7.11 Å². The molecule has 1 atom stereocenters. The zero-order valence-electron chi connectivity index (χ0n) is 16.2. The normalized spacial score (nSPS) is 13.6.